The van der Waals surface area contributed by atoms with Crippen molar-refractivity contribution < 1.29 is 9.53 Å². The summed E-state index contributed by atoms with van der Waals surface area (Å²) in [5.41, 5.74) is 0. The summed E-state index contributed by atoms with van der Waals surface area (Å²) in [6.07, 6.45) is 18.3. The molecule has 0 atom stereocenters. The molecule has 0 spiro atoms. The first-order chi connectivity index (χ1) is 8.77. The van der Waals surface area contributed by atoms with Crippen LogP contribution in [-0.4, -0.2) is 12.6 Å². The number of ether oxygens (including phenoxy) is 1. The topological polar surface area (TPSA) is 26.3 Å². The molecule has 0 N–H and O–H groups in total. The number of hydrogen-bond donors (Lipinski definition) is 0. The molecule has 0 saturated carbocycles. The van der Waals surface area contributed by atoms with Gasteiger partial charge in [0.25, 0.3) is 0 Å². The van der Waals surface area contributed by atoms with E-state index >= 15 is 0 Å². The molecule has 0 amide bonds. The van der Waals surface area contributed by atoms with Crippen molar-refractivity contribution in [2.45, 2.75) is 65.2 Å². The Morgan fingerprint density at radius 1 is 0.889 bits per heavy atom. The molecule has 0 radical (unpaired) electrons. The summed E-state index contributed by atoms with van der Waals surface area (Å²) in [6.45, 7) is 4.20. The summed E-state index contributed by atoms with van der Waals surface area (Å²) in [5, 5.41) is 0. The van der Waals surface area contributed by atoms with Crippen molar-refractivity contribution in [2.75, 3.05) is 6.61 Å². The van der Waals surface area contributed by atoms with Crippen LogP contribution in [0.1, 0.15) is 65.2 Å². The maximum atomic E-state index is 10.5. The average Bonchev–Trinajstić information content (AvgIpc) is 2.34. The molecule has 0 aromatic heterocycles. The standard InChI is InChI=1S/C16H28O2/c1-3-4-5-6-7-8-9-10-11-12-13-14-15-18-16(2)17/h5-6,11-12H,3-4,7-10,13-15H2,1-2H3/b6-5+,12-11+. The van der Waals surface area contributed by atoms with Gasteiger partial charge in [-0.1, -0.05) is 37.6 Å². The Morgan fingerprint density at radius 3 is 1.89 bits per heavy atom. The van der Waals surface area contributed by atoms with E-state index in [2.05, 4.69) is 31.2 Å². The summed E-state index contributed by atoms with van der Waals surface area (Å²) in [7, 11) is 0. The molecular weight excluding hydrogens is 224 g/mol. The third-order valence-corrected chi connectivity index (χ3v) is 2.60. The van der Waals surface area contributed by atoms with E-state index in [0.29, 0.717) is 6.61 Å². The van der Waals surface area contributed by atoms with Gasteiger partial charge in [-0.3, -0.25) is 4.79 Å². The molecule has 0 fully saturated rings. The lowest BCUT2D eigenvalue weighted by atomic mass is 10.1. The first-order valence-electron chi connectivity index (χ1n) is 7.20. The highest BCUT2D eigenvalue weighted by Gasteiger charge is 1.90. The zero-order valence-electron chi connectivity index (χ0n) is 12.0. The van der Waals surface area contributed by atoms with Gasteiger partial charge in [-0.05, 0) is 44.9 Å². The Labute approximate surface area is 112 Å². The predicted octanol–water partition coefficient (Wildman–Crippen LogP) is 4.80. The van der Waals surface area contributed by atoms with Crippen LogP contribution in [0.25, 0.3) is 0 Å². The number of hydrogen-bond acceptors (Lipinski definition) is 2. The second kappa shape index (κ2) is 14.0. The largest absolute Gasteiger partial charge is 0.466 e. The molecule has 0 aliphatic heterocycles. The average molecular weight is 252 g/mol. The number of esters is 1. The zero-order valence-corrected chi connectivity index (χ0v) is 12.0. The molecule has 0 rings (SSSR count). The van der Waals surface area contributed by atoms with Gasteiger partial charge in [0.15, 0.2) is 0 Å². The van der Waals surface area contributed by atoms with E-state index in [9.17, 15) is 4.79 Å². The van der Waals surface area contributed by atoms with E-state index in [1.165, 1.54) is 39.0 Å². The summed E-state index contributed by atoms with van der Waals surface area (Å²) in [4.78, 5) is 10.5. The minimum Gasteiger partial charge on any atom is -0.466 e. The first kappa shape index (κ1) is 16.9. The van der Waals surface area contributed by atoms with Gasteiger partial charge in [0.05, 0.1) is 6.61 Å². The van der Waals surface area contributed by atoms with E-state index in [0.717, 1.165) is 19.3 Å². The van der Waals surface area contributed by atoms with Gasteiger partial charge in [0.1, 0.15) is 0 Å². The number of allylic oxidation sites excluding steroid dienone is 4. The molecular formula is C16H28O2. The maximum Gasteiger partial charge on any atom is 0.302 e. The molecule has 0 aromatic rings. The van der Waals surface area contributed by atoms with Gasteiger partial charge in [-0.25, -0.2) is 0 Å². The second-order valence-corrected chi connectivity index (χ2v) is 4.50. The van der Waals surface area contributed by atoms with Crippen molar-refractivity contribution >= 4 is 5.97 Å². The molecule has 104 valence electrons. The molecule has 0 unspecified atom stereocenters. The van der Waals surface area contributed by atoms with E-state index in [1.54, 1.807) is 0 Å². The lowest BCUT2D eigenvalue weighted by molar-refractivity contribution is -0.141. The van der Waals surface area contributed by atoms with E-state index in [1.807, 2.05) is 0 Å². The quantitative estimate of drug-likeness (QED) is 0.300. The van der Waals surface area contributed by atoms with Crippen LogP contribution >= 0.6 is 0 Å². The van der Waals surface area contributed by atoms with Crippen molar-refractivity contribution in [2.24, 2.45) is 0 Å². The molecule has 0 aromatic carbocycles. The molecule has 0 heterocycles. The predicted molar refractivity (Wildman–Crippen MR) is 77.5 cm³/mol. The lowest BCUT2D eigenvalue weighted by Gasteiger charge is -1.98. The summed E-state index contributed by atoms with van der Waals surface area (Å²) >= 11 is 0. The van der Waals surface area contributed by atoms with Crippen LogP contribution in [0.3, 0.4) is 0 Å². The number of rotatable bonds is 11. The number of carbonyl (C=O) groups is 1. The third kappa shape index (κ3) is 14.9. The van der Waals surface area contributed by atoms with E-state index < -0.39 is 0 Å². The van der Waals surface area contributed by atoms with Crippen LogP contribution in [-0.2, 0) is 9.53 Å². The normalized spacial score (nSPS) is 11.4. The number of unbranched alkanes of at least 4 members (excludes halogenated alkanes) is 5. The van der Waals surface area contributed by atoms with Crippen LogP contribution < -0.4 is 0 Å². The molecule has 0 aliphatic carbocycles. The van der Waals surface area contributed by atoms with Gasteiger partial charge >= 0.3 is 5.97 Å². The fourth-order valence-electron chi connectivity index (χ4n) is 1.58. The van der Waals surface area contributed by atoms with Gasteiger partial charge in [-0.2, -0.15) is 0 Å². The number of carbonyl (C=O) groups excluding carboxylic acids is 1. The van der Waals surface area contributed by atoms with Crippen LogP contribution in [0.15, 0.2) is 24.3 Å². The van der Waals surface area contributed by atoms with Crippen molar-refractivity contribution in [3.8, 4) is 0 Å². The fourth-order valence-corrected chi connectivity index (χ4v) is 1.58. The highest BCUT2D eigenvalue weighted by atomic mass is 16.5. The SMILES string of the molecule is CCC/C=C/CCCC/C=C/CCCOC(C)=O. The van der Waals surface area contributed by atoms with Gasteiger partial charge in [0, 0.05) is 6.92 Å². The highest BCUT2D eigenvalue weighted by molar-refractivity contribution is 5.65. The first-order valence-corrected chi connectivity index (χ1v) is 7.20. The Morgan fingerprint density at radius 2 is 1.39 bits per heavy atom. The van der Waals surface area contributed by atoms with E-state index in [-0.39, 0.29) is 5.97 Å². The zero-order chi connectivity index (χ0) is 13.5. The van der Waals surface area contributed by atoms with Crippen molar-refractivity contribution in [1.82, 2.24) is 0 Å². The summed E-state index contributed by atoms with van der Waals surface area (Å²) in [5.74, 6) is -0.185. The van der Waals surface area contributed by atoms with Crippen LogP contribution in [0, 0.1) is 0 Å². The van der Waals surface area contributed by atoms with Gasteiger partial charge in [-0.15, -0.1) is 0 Å². The monoisotopic (exact) mass is 252 g/mol. The summed E-state index contributed by atoms with van der Waals surface area (Å²) < 4.78 is 4.85. The Bertz CT molecular complexity index is 241. The van der Waals surface area contributed by atoms with Crippen molar-refractivity contribution in [1.29, 1.82) is 0 Å². The fraction of sp³-hybridized carbons (Fsp3) is 0.688. The molecule has 18 heavy (non-hydrogen) atoms. The Balaban J connectivity index is 3.16. The lowest BCUT2D eigenvalue weighted by Crippen LogP contribution is -1.99. The van der Waals surface area contributed by atoms with Crippen LogP contribution in [0.2, 0.25) is 0 Å². The van der Waals surface area contributed by atoms with Gasteiger partial charge < -0.3 is 4.74 Å². The smallest absolute Gasteiger partial charge is 0.302 e. The minimum atomic E-state index is -0.185. The molecule has 2 heteroatoms. The summed E-state index contributed by atoms with van der Waals surface area (Å²) in [6, 6.07) is 0. The van der Waals surface area contributed by atoms with E-state index in [4.69, 9.17) is 4.74 Å². The van der Waals surface area contributed by atoms with Crippen LogP contribution in [0.4, 0.5) is 0 Å². The Hall–Kier alpha value is -1.05. The molecule has 0 aliphatic rings. The van der Waals surface area contributed by atoms with Crippen molar-refractivity contribution in [3.63, 3.8) is 0 Å². The van der Waals surface area contributed by atoms with Crippen molar-refractivity contribution in [3.05, 3.63) is 24.3 Å². The van der Waals surface area contributed by atoms with Crippen LogP contribution in [0.5, 0.6) is 0 Å². The molecule has 2 nitrogen and oxygen atoms in total. The second-order valence-electron chi connectivity index (χ2n) is 4.50. The Kier molecular flexibility index (Phi) is 13.2. The maximum absolute atomic E-state index is 10.5. The minimum absolute atomic E-state index is 0.185. The third-order valence-electron chi connectivity index (χ3n) is 2.60. The van der Waals surface area contributed by atoms with Gasteiger partial charge in [0.2, 0.25) is 0 Å². The molecule has 0 bridgehead atoms. The molecule has 0 saturated heterocycles. The highest BCUT2D eigenvalue weighted by Crippen LogP contribution is 2.03.